The number of carboxylic acid groups (broad SMARTS) is 1. The predicted octanol–water partition coefficient (Wildman–Crippen LogP) is 3.15. The van der Waals surface area contributed by atoms with Crippen LogP contribution < -0.4 is 20.3 Å². The summed E-state index contributed by atoms with van der Waals surface area (Å²) in [5.41, 5.74) is 3.17. The third-order valence-electron chi connectivity index (χ3n) is 6.75. The van der Waals surface area contributed by atoms with Crippen LogP contribution in [-0.4, -0.2) is 60.7 Å². The van der Waals surface area contributed by atoms with Crippen LogP contribution in [0.5, 0.6) is 0 Å². The Morgan fingerprint density at radius 3 is 2.33 bits per heavy atom. The van der Waals surface area contributed by atoms with E-state index in [1.165, 1.54) is 12.1 Å². The van der Waals surface area contributed by atoms with Gasteiger partial charge in [0, 0.05) is 30.4 Å². The molecular weight excluding hydrogens is 532 g/mol. The zero-order chi connectivity index (χ0) is 28.1. The number of anilines is 2. The van der Waals surface area contributed by atoms with E-state index in [0.717, 1.165) is 48.6 Å². The Morgan fingerprint density at radius 2 is 1.65 bits per heavy atom. The number of aromatic amines is 1. The van der Waals surface area contributed by atoms with Crippen molar-refractivity contribution >= 4 is 44.6 Å². The number of aromatic nitrogens is 2. The molecule has 2 heterocycles. The molecule has 0 saturated carbocycles. The number of para-hydroxylation sites is 2. The number of aliphatic carboxylic acids is 1. The fourth-order valence-corrected chi connectivity index (χ4v) is 5.88. The number of hydrogen-bond donors (Lipinski definition) is 5. The van der Waals surface area contributed by atoms with Crippen LogP contribution in [0.3, 0.4) is 0 Å². The fraction of sp³-hybridized carbons (Fsp3) is 0.250. The molecule has 1 aliphatic rings. The molecule has 0 radical (unpaired) electrons. The first-order chi connectivity index (χ1) is 19.3. The molecule has 1 amide bonds. The molecule has 0 spiro atoms. The van der Waals surface area contributed by atoms with Gasteiger partial charge in [0.2, 0.25) is 16.0 Å². The van der Waals surface area contributed by atoms with Crippen molar-refractivity contribution in [3.63, 3.8) is 0 Å². The Hall–Kier alpha value is -4.42. The standard InChI is InChI=1S/C28H30N6O5S/c35-26(36)18-25(33-40(38,39)22-6-2-1-3-7-22)32-27(37)19-10-12-21(13-11-19)34-16-14-20(15-17-34)29-28-30-23-8-4-5-9-24(23)31-28/h1-13,20,25,33H,14-18H2,(H,32,37)(H,35,36)(H2,29,30,31). The van der Waals surface area contributed by atoms with Crippen molar-refractivity contribution < 1.29 is 23.1 Å². The van der Waals surface area contributed by atoms with Gasteiger partial charge < -0.3 is 25.6 Å². The molecule has 1 saturated heterocycles. The van der Waals surface area contributed by atoms with E-state index in [4.69, 9.17) is 0 Å². The predicted molar refractivity (Wildman–Crippen MR) is 152 cm³/mol. The van der Waals surface area contributed by atoms with Gasteiger partial charge in [-0.25, -0.2) is 13.4 Å². The second-order valence-electron chi connectivity index (χ2n) is 9.61. The third-order valence-corrected chi connectivity index (χ3v) is 8.24. The van der Waals surface area contributed by atoms with E-state index >= 15 is 0 Å². The zero-order valence-corrected chi connectivity index (χ0v) is 22.4. The number of hydrogen-bond acceptors (Lipinski definition) is 7. The number of nitrogens with one attached hydrogen (secondary N) is 4. The molecule has 0 aliphatic carbocycles. The number of H-pyrrole nitrogens is 1. The van der Waals surface area contributed by atoms with Crippen LogP contribution in [0.4, 0.5) is 11.6 Å². The molecule has 1 unspecified atom stereocenters. The molecule has 11 nitrogen and oxygen atoms in total. The molecule has 3 aromatic carbocycles. The summed E-state index contributed by atoms with van der Waals surface area (Å²) in [7, 11) is -4.03. The molecule has 5 rings (SSSR count). The van der Waals surface area contributed by atoms with E-state index < -0.39 is 34.5 Å². The van der Waals surface area contributed by atoms with Crippen molar-refractivity contribution in [2.45, 2.75) is 36.4 Å². The number of rotatable bonds is 10. The highest BCUT2D eigenvalue weighted by atomic mass is 32.2. The maximum atomic E-state index is 12.9. The van der Waals surface area contributed by atoms with E-state index in [1.807, 2.05) is 36.4 Å². The van der Waals surface area contributed by atoms with Gasteiger partial charge in [-0.05, 0) is 61.4 Å². The summed E-state index contributed by atoms with van der Waals surface area (Å²) >= 11 is 0. The second-order valence-corrected chi connectivity index (χ2v) is 11.3. The van der Waals surface area contributed by atoms with Gasteiger partial charge in [0.25, 0.3) is 5.91 Å². The average Bonchev–Trinajstić information content (AvgIpc) is 3.36. The highest BCUT2D eigenvalue weighted by molar-refractivity contribution is 7.89. The third kappa shape index (κ3) is 6.58. The second kappa shape index (κ2) is 11.8. The van der Waals surface area contributed by atoms with Crippen LogP contribution in [0.25, 0.3) is 11.0 Å². The summed E-state index contributed by atoms with van der Waals surface area (Å²) in [6, 6.07) is 22.7. The summed E-state index contributed by atoms with van der Waals surface area (Å²) in [6.45, 7) is 1.65. The first-order valence-electron chi connectivity index (χ1n) is 12.9. The van der Waals surface area contributed by atoms with Crippen molar-refractivity contribution in [3.05, 3.63) is 84.4 Å². The van der Waals surface area contributed by atoms with Crippen molar-refractivity contribution in [1.82, 2.24) is 20.0 Å². The zero-order valence-electron chi connectivity index (χ0n) is 21.6. The molecule has 1 aliphatic heterocycles. The minimum absolute atomic E-state index is 0.0273. The molecule has 4 aromatic rings. The molecule has 12 heteroatoms. The largest absolute Gasteiger partial charge is 0.481 e. The number of nitrogens with zero attached hydrogens (tertiary/aromatic N) is 2. The molecule has 1 atom stereocenters. The van der Waals surface area contributed by atoms with Gasteiger partial charge in [-0.2, -0.15) is 4.72 Å². The minimum atomic E-state index is -4.03. The quantitative estimate of drug-likeness (QED) is 0.185. The Morgan fingerprint density at radius 1 is 0.975 bits per heavy atom. The van der Waals surface area contributed by atoms with E-state index in [0.29, 0.717) is 5.56 Å². The lowest BCUT2D eigenvalue weighted by molar-refractivity contribution is -0.137. The van der Waals surface area contributed by atoms with Gasteiger partial charge in [-0.3, -0.25) is 9.59 Å². The topological polar surface area (TPSA) is 157 Å². The van der Waals surface area contributed by atoms with Crippen molar-refractivity contribution in [2.24, 2.45) is 0 Å². The fourth-order valence-electron chi connectivity index (χ4n) is 4.71. The van der Waals surface area contributed by atoms with Crippen LogP contribution in [0.1, 0.15) is 29.6 Å². The lowest BCUT2D eigenvalue weighted by Gasteiger charge is -2.34. The average molecular weight is 563 g/mol. The number of piperidine rings is 1. The van der Waals surface area contributed by atoms with Crippen molar-refractivity contribution in [3.8, 4) is 0 Å². The number of carbonyl (C=O) groups is 2. The molecule has 40 heavy (non-hydrogen) atoms. The van der Waals surface area contributed by atoms with Crippen LogP contribution in [0.2, 0.25) is 0 Å². The van der Waals surface area contributed by atoms with Gasteiger partial charge in [0.15, 0.2) is 0 Å². The van der Waals surface area contributed by atoms with Crippen LogP contribution >= 0.6 is 0 Å². The van der Waals surface area contributed by atoms with Gasteiger partial charge >= 0.3 is 5.97 Å². The maximum absolute atomic E-state index is 12.9. The Bertz CT molecular complexity index is 1550. The number of carbonyl (C=O) groups excluding carboxylic acids is 1. The van der Waals surface area contributed by atoms with Gasteiger partial charge in [0.05, 0.1) is 22.3 Å². The summed E-state index contributed by atoms with van der Waals surface area (Å²) in [5, 5.41) is 15.2. The first kappa shape index (κ1) is 27.2. The molecule has 1 aromatic heterocycles. The van der Waals surface area contributed by atoms with Crippen molar-refractivity contribution in [2.75, 3.05) is 23.3 Å². The Balaban J connectivity index is 1.16. The van der Waals surface area contributed by atoms with E-state index in [-0.39, 0.29) is 10.9 Å². The molecular formula is C28H30N6O5S. The number of benzene rings is 3. The molecule has 0 bridgehead atoms. The van der Waals surface area contributed by atoms with Crippen LogP contribution in [-0.2, 0) is 14.8 Å². The highest BCUT2D eigenvalue weighted by Crippen LogP contribution is 2.23. The van der Waals surface area contributed by atoms with Gasteiger partial charge in [0.1, 0.15) is 6.17 Å². The van der Waals surface area contributed by atoms with E-state index in [2.05, 4.69) is 30.2 Å². The SMILES string of the molecule is O=C(O)CC(NC(=O)c1ccc(N2CCC(Nc3nc4ccccc4[nH]3)CC2)cc1)NS(=O)(=O)c1ccccc1. The summed E-state index contributed by atoms with van der Waals surface area (Å²) < 4.78 is 27.6. The molecule has 208 valence electrons. The van der Waals surface area contributed by atoms with E-state index in [1.54, 1.807) is 30.3 Å². The monoisotopic (exact) mass is 562 g/mol. The Kier molecular flexibility index (Phi) is 7.99. The van der Waals surface area contributed by atoms with Crippen LogP contribution in [0.15, 0.2) is 83.8 Å². The maximum Gasteiger partial charge on any atom is 0.306 e. The van der Waals surface area contributed by atoms with Gasteiger partial charge in [-0.1, -0.05) is 30.3 Å². The smallest absolute Gasteiger partial charge is 0.306 e. The first-order valence-corrected chi connectivity index (χ1v) is 14.4. The van der Waals surface area contributed by atoms with Gasteiger partial charge in [-0.15, -0.1) is 0 Å². The number of amides is 1. The Labute approximate surface area is 231 Å². The van der Waals surface area contributed by atoms with Crippen molar-refractivity contribution in [1.29, 1.82) is 0 Å². The van der Waals surface area contributed by atoms with E-state index in [9.17, 15) is 23.1 Å². The number of imidazole rings is 1. The number of fused-ring (bicyclic) bond motifs is 1. The normalized spacial score (nSPS) is 15.1. The summed E-state index contributed by atoms with van der Waals surface area (Å²) in [5.74, 6) is -1.07. The summed E-state index contributed by atoms with van der Waals surface area (Å²) in [6.07, 6.45) is -0.115. The molecule has 1 fully saturated rings. The number of carboxylic acids is 1. The summed E-state index contributed by atoms with van der Waals surface area (Å²) in [4.78, 5) is 34.3. The lowest BCUT2D eigenvalue weighted by Crippen LogP contribution is -2.49. The molecule has 5 N–H and O–H groups in total. The lowest BCUT2D eigenvalue weighted by atomic mass is 10.0. The minimum Gasteiger partial charge on any atom is -0.481 e. The van der Waals surface area contributed by atoms with Crippen LogP contribution in [0, 0.1) is 0 Å². The number of sulfonamides is 1. The highest BCUT2D eigenvalue weighted by Gasteiger charge is 2.25.